The van der Waals surface area contributed by atoms with Crippen molar-refractivity contribution in [2.75, 3.05) is 39.6 Å². The molecule has 1 aliphatic heterocycles. The molecule has 0 amide bonds. The van der Waals surface area contributed by atoms with Gasteiger partial charge in [-0.15, -0.1) is 11.8 Å². The van der Waals surface area contributed by atoms with E-state index in [1.54, 1.807) is 38.2 Å². The summed E-state index contributed by atoms with van der Waals surface area (Å²) in [5.74, 6) is 2.41. The molecule has 3 atom stereocenters. The molecule has 210 valence electrons. The van der Waals surface area contributed by atoms with Crippen LogP contribution in [-0.4, -0.2) is 60.6 Å². The molecule has 0 bridgehead atoms. The molecule has 2 aromatic carbocycles. The van der Waals surface area contributed by atoms with Gasteiger partial charge in [0.15, 0.2) is 0 Å². The van der Waals surface area contributed by atoms with Gasteiger partial charge >= 0.3 is 5.97 Å². The van der Waals surface area contributed by atoms with Crippen LogP contribution in [0, 0.1) is 11.8 Å². The summed E-state index contributed by atoms with van der Waals surface area (Å²) in [5.41, 5.74) is 1.40. The van der Waals surface area contributed by atoms with Gasteiger partial charge in [-0.2, -0.15) is 0 Å². The van der Waals surface area contributed by atoms with Gasteiger partial charge in [0.2, 0.25) is 0 Å². The zero-order chi connectivity index (χ0) is 27.6. The van der Waals surface area contributed by atoms with Crippen molar-refractivity contribution in [3.05, 3.63) is 60.3 Å². The number of nitrogens with zero attached hydrogens (tertiary/aromatic N) is 2. The molecule has 1 saturated heterocycles. The van der Waals surface area contributed by atoms with E-state index in [2.05, 4.69) is 16.0 Å². The lowest BCUT2D eigenvalue weighted by Crippen LogP contribution is -2.41. The van der Waals surface area contributed by atoms with E-state index in [9.17, 15) is 9.90 Å². The number of methoxy groups -OCH3 is 2. The van der Waals surface area contributed by atoms with E-state index in [1.807, 2.05) is 36.4 Å². The Morgan fingerprint density at radius 2 is 2.00 bits per heavy atom. The number of ether oxygens (including phenoxy) is 2. The predicted octanol–water partition coefficient (Wildman–Crippen LogP) is 7.03. The number of benzene rings is 2. The summed E-state index contributed by atoms with van der Waals surface area (Å²) in [6.45, 7) is 2.83. The molecule has 0 radical (unpaired) electrons. The van der Waals surface area contributed by atoms with Crippen LogP contribution in [0.3, 0.4) is 0 Å². The molecule has 39 heavy (non-hydrogen) atoms. The SMILES string of the molecule is COc1ccc2nccc([C@H](F)CC[C@@H]3CCN(CCCSc4ccccc4OC)C[C@H]3CCC(=O)O)c2c1. The molecule has 0 aliphatic carbocycles. The number of carboxylic acid groups (broad SMARTS) is 1. The van der Waals surface area contributed by atoms with Gasteiger partial charge < -0.3 is 19.5 Å². The smallest absolute Gasteiger partial charge is 0.303 e. The monoisotopic (exact) mass is 554 g/mol. The lowest BCUT2D eigenvalue weighted by Gasteiger charge is -2.39. The van der Waals surface area contributed by atoms with Crippen molar-refractivity contribution in [2.45, 2.75) is 49.6 Å². The zero-order valence-corrected chi connectivity index (χ0v) is 23.7. The molecular formula is C31H39FN2O4S. The van der Waals surface area contributed by atoms with Crippen LogP contribution in [0.2, 0.25) is 0 Å². The Bertz CT molecular complexity index is 1230. The molecule has 0 spiro atoms. The molecule has 4 rings (SSSR count). The highest BCUT2D eigenvalue weighted by atomic mass is 32.2. The van der Waals surface area contributed by atoms with Crippen LogP contribution in [0.25, 0.3) is 10.9 Å². The Labute approximate surface area is 234 Å². The van der Waals surface area contributed by atoms with E-state index in [4.69, 9.17) is 9.47 Å². The fraction of sp³-hybridized carbons (Fsp3) is 0.484. The fourth-order valence-electron chi connectivity index (χ4n) is 5.65. The topological polar surface area (TPSA) is 71.9 Å². The summed E-state index contributed by atoms with van der Waals surface area (Å²) < 4.78 is 26.4. The number of hydrogen-bond donors (Lipinski definition) is 1. The molecule has 1 fully saturated rings. The molecule has 8 heteroatoms. The van der Waals surface area contributed by atoms with Crippen LogP contribution in [0.1, 0.15) is 50.3 Å². The highest BCUT2D eigenvalue weighted by molar-refractivity contribution is 7.99. The van der Waals surface area contributed by atoms with Gasteiger partial charge in [-0.25, -0.2) is 4.39 Å². The summed E-state index contributed by atoms with van der Waals surface area (Å²) >= 11 is 1.80. The number of para-hydroxylation sites is 1. The van der Waals surface area contributed by atoms with Crippen LogP contribution in [0.4, 0.5) is 4.39 Å². The highest BCUT2D eigenvalue weighted by Gasteiger charge is 2.30. The van der Waals surface area contributed by atoms with Crippen LogP contribution >= 0.6 is 11.8 Å². The Kier molecular flexibility index (Phi) is 10.9. The van der Waals surface area contributed by atoms with Gasteiger partial charge in [0, 0.05) is 29.4 Å². The summed E-state index contributed by atoms with van der Waals surface area (Å²) in [4.78, 5) is 19.3. The zero-order valence-electron chi connectivity index (χ0n) is 22.9. The number of hydrogen-bond acceptors (Lipinski definition) is 6. The number of alkyl halides is 1. The van der Waals surface area contributed by atoms with E-state index in [-0.39, 0.29) is 12.3 Å². The molecule has 0 saturated carbocycles. The highest BCUT2D eigenvalue weighted by Crippen LogP contribution is 2.37. The fourth-order valence-corrected chi connectivity index (χ4v) is 6.61. The second-order valence-electron chi connectivity index (χ2n) is 10.2. The minimum atomic E-state index is -1.10. The molecule has 2 heterocycles. The Balaban J connectivity index is 1.32. The van der Waals surface area contributed by atoms with Crippen molar-refractivity contribution >= 4 is 28.6 Å². The number of carbonyl (C=O) groups is 1. The average molecular weight is 555 g/mol. The standard InChI is InChI=1S/C31H39FN2O4S/c1-37-24-10-12-28-26(20-24)25(14-16-33-28)27(32)11-8-22-15-18-34(21-23(22)9-13-31(35)36)17-5-19-39-30-7-4-3-6-29(30)38-2/h3-4,6-7,10,12,14,16,20,22-23,27H,5,8-9,11,13,15,17-19,21H2,1-2H3,(H,35,36)/t22-,23-,27-/m1/s1. The van der Waals surface area contributed by atoms with Crippen molar-refractivity contribution in [3.8, 4) is 11.5 Å². The number of halogens is 1. The van der Waals surface area contributed by atoms with Gasteiger partial charge in [0.05, 0.1) is 19.7 Å². The normalized spacial score (nSPS) is 18.6. The molecule has 6 nitrogen and oxygen atoms in total. The summed E-state index contributed by atoms with van der Waals surface area (Å²) in [6.07, 6.45) is 4.54. The third-order valence-corrected chi connectivity index (χ3v) is 8.90. The number of carboxylic acids is 1. The first-order valence-corrected chi connectivity index (χ1v) is 14.7. The first-order chi connectivity index (χ1) is 19.0. The maximum absolute atomic E-state index is 15.6. The lowest BCUT2D eigenvalue weighted by atomic mass is 9.79. The summed E-state index contributed by atoms with van der Waals surface area (Å²) in [5, 5.41) is 10.1. The van der Waals surface area contributed by atoms with Gasteiger partial charge in [0.25, 0.3) is 0 Å². The van der Waals surface area contributed by atoms with Crippen LogP contribution < -0.4 is 9.47 Å². The number of aromatic nitrogens is 1. The van der Waals surface area contributed by atoms with Crippen LogP contribution in [0.5, 0.6) is 11.5 Å². The first kappa shape index (κ1) is 29.2. The van der Waals surface area contributed by atoms with Gasteiger partial charge in [-0.05, 0) is 105 Å². The number of pyridine rings is 1. The minimum absolute atomic E-state index is 0.159. The van der Waals surface area contributed by atoms with Gasteiger partial charge in [0.1, 0.15) is 17.7 Å². The predicted molar refractivity (Wildman–Crippen MR) is 155 cm³/mol. The maximum Gasteiger partial charge on any atom is 0.303 e. The second kappa shape index (κ2) is 14.5. The number of thioether (sulfide) groups is 1. The van der Waals surface area contributed by atoms with Crippen LogP contribution in [0.15, 0.2) is 59.6 Å². The Morgan fingerprint density at radius 1 is 1.15 bits per heavy atom. The average Bonchev–Trinajstić information content (AvgIpc) is 2.97. The second-order valence-corrected chi connectivity index (χ2v) is 11.4. The molecule has 1 aliphatic rings. The van der Waals surface area contributed by atoms with Crippen molar-refractivity contribution in [1.82, 2.24) is 9.88 Å². The minimum Gasteiger partial charge on any atom is -0.497 e. The summed E-state index contributed by atoms with van der Waals surface area (Å²) in [6, 6.07) is 15.4. The van der Waals surface area contributed by atoms with Crippen molar-refractivity contribution in [3.63, 3.8) is 0 Å². The molecule has 1 aromatic heterocycles. The summed E-state index contributed by atoms with van der Waals surface area (Å²) in [7, 11) is 3.30. The number of fused-ring (bicyclic) bond motifs is 1. The number of rotatable bonds is 14. The molecular weight excluding hydrogens is 515 g/mol. The third-order valence-electron chi connectivity index (χ3n) is 7.76. The van der Waals surface area contributed by atoms with Crippen molar-refractivity contribution in [2.24, 2.45) is 11.8 Å². The van der Waals surface area contributed by atoms with Gasteiger partial charge in [-0.3, -0.25) is 9.78 Å². The van der Waals surface area contributed by atoms with E-state index in [0.29, 0.717) is 30.1 Å². The Morgan fingerprint density at radius 3 is 2.79 bits per heavy atom. The molecule has 1 N–H and O–H groups in total. The van der Waals surface area contributed by atoms with Gasteiger partial charge in [-0.1, -0.05) is 12.1 Å². The quantitative estimate of drug-likeness (QED) is 0.169. The van der Waals surface area contributed by atoms with E-state index >= 15 is 4.39 Å². The van der Waals surface area contributed by atoms with E-state index in [1.165, 1.54) is 0 Å². The third kappa shape index (κ3) is 8.08. The first-order valence-electron chi connectivity index (χ1n) is 13.7. The van der Waals surface area contributed by atoms with E-state index in [0.717, 1.165) is 66.2 Å². The largest absolute Gasteiger partial charge is 0.497 e. The van der Waals surface area contributed by atoms with Crippen molar-refractivity contribution < 1.29 is 23.8 Å². The molecule has 3 aromatic rings. The number of piperidine rings is 1. The number of likely N-dealkylation sites (tertiary alicyclic amines) is 1. The lowest BCUT2D eigenvalue weighted by molar-refractivity contribution is -0.137. The number of aliphatic carboxylic acids is 1. The van der Waals surface area contributed by atoms with E-state index < -0.39 is 12.1 Å². The Hall–Kier alpha value is -2.84. The van der Waals surface area contributed by atoms with Crippen LogP contribution in [-0.2, 0) is 4.79 Å². The molecule has 0 unspecified atom stereocenters. The van der Waals surface area contributed by atoms with Crippen molar-refractivity contribution in [1.29, 1.82) is 0 Å². The maximum atomic E-state index is 15.6.